The van der Waals surface area contributed by atoms with E-state index in [1.807, 2.05) is 6.20 Å². The van der Waals surface area contributed by atoms with Gasteiger partial charge in [-0.2, -0.15) is 4.98 Å². The summed E-state index contributed by atoms with van der Waals surface area (Å²) in [5.74, 6) is 1.67. The van der Waals surface area contributed by atoms with Crippen molar-refractivity contribution in [3.63, 3.8) is 0 Å². The lowest BCUT2D eigenvalue weighted by atomic mass is 10.2. The Kier molecular flexibility index (Phi) is 3.70. The van der Waals surface area contributed by atoms with Crippen LogP contribution in [0.3, 0.4) is 0 Å². The highest BCUT2D eigenvalue weighted by Gasteiger charge is 2.11. The highest BCUT2D eigenvalue weighted by Crippen LogP contribution is 2.26. The highest BCUT2D eigenvalue weighted by molar-refractivity contribution is 7.98. The molecule has 0 saturated heterocycles. The fourth-order valence-electron chi connectivity index (χ4n) is 2.08. The topological polar surface area (TPSA) is 48.7 Å². The number of benzene rings is 1. The van der Waals surface area contributed by atoms with E-state index in [0.29, 0.717) is 17.5 Å². The molecule has 6 heteroatoms. The smallest absolute Gasteiger partial charge is 0.240 e. The Morgan fingerprint density at radius 3 is 2.43 bits per heavy atom. The third-order valence-electron chi connectivity index (χ3n) is 3.19. The number of thioether (sulfide) groups is 1. The molecular weight excluding hydrogens is 286 g/mol. The molecule has 0 atom stereocenters. The third-order valence-corrected chi connectivity index (χ3v) is 3.93. The summed E-state index contributed by atoms with van der Waals surface area (Å²) >= 11 is 1.71. The average molecular weight is 301 g/mol. The van der Waals surface area contributed by atoms with Crippen LogP contribution in [0, 0.1) is 0 Å². The maximum atomic E-state index is 5.36. The van der Waals surface area contributed by atoms with Crippen LogP contribution in [-0.4, -0.2) is 34.8 Å². The van der Waals surface area contributed by atoms with E-state index in [4.69, 9.17) is 9.47 Å². The standard InChI is InChI=1S/C15H15N3O2S/c1-19-13-8-14(20-2)18-9-12(16-15(18)17-13)10-4-6-11(21-3)7-5-10/h4-9H,1-3H3. The molecule has 3 aromatic rings. The molecule has 1 aromatic carbocycles. The molecule has 3 rings (SSSR count). The number of methoxy groups -OCH3 is 2. The van der Waals surface area contributed by atoms with Gasteiger partial charge < -0.3 is 9.47 Å². The number of hydrogen-bond donors (Lipinski definition) is 0. The van der Waals surface area contributed by atoms with E-state index in [9.17, 15) is 0 Å². The summed E-state index contributed by atoms with van der Waals surface area (Å²) in [5, 5.41) is 0. The normalized spacial score (nSPS) is 10.8. The minimum absolute atomic E-state index is 0.481. The molecule has 0 aliphatic carbocycles. The van der Waals surface area contributed by atoms with Crippen LogP contribution in [0.25, 0.3) is 17.0 Å². The van der Waals surface area contributed by atoms with E-state index in [1.165, 1.54) is 4.90 Å². The quantitative estimate of drug-likeness (QED) is 0.693. The number of imidazole rings is 1. The zero-order valence-corrected chi connectivity index (χ0v) is 12.8. The lowest BCUT2D eigenvalue weighted by molar-refractivity contribution is 0.369. The number of aromatic nitrogens is 3. The van der Waals surface area contributed by atoms with E-state index in [0.717, 1.165) is 11.3 Å². The summed E-state index contributed by atoms with van der Waals surface area (Å²) in [7, 11) is 3.18. The lowest BCUT2D eigenvalue weighted by Crippen LogP contribution is -1.97. The Labute approximate surface area is 126 Å². The van der Waals surface area contributed by atoms with Crippen molar-refractivity contribution in [1.29, 1.82) is 0 Å². The van der Waals surface area contributed by atoms with E-state index >= 15 is 0 Å². The number of hydrogen-bond acceptors (Lipinski definition) is 5. The molecular formula is C15H15N3O2S. The van der Waals surface area contributed by atoms with Gasteiger partial charge in [-0.1, -0.05) is 12.1 Å². The molecule has 2 heterocycles. The van der Waals surface area contributed by atoms with Gasteiger partial charge in [0.15, 0.2) is 0 Å². The first-order valence-corrected chi connectivity index (χ1v) is 7.60. The third kappa shape index (κ3) is 2.54. The van der Waals surface area contributed by atoms with Crippen molar-refractivity contribution in [2.24, 2.45) is 0 Å². The van der Waals surface area contributed by atoms with Crippen LogP contribution < -0.4 is 9.47 Å². The van der Waals surface area contributed by atoms with Crippen molar-refractivity contribution in [1.82, 2.24) is 14.4 Å². The molecule has 21 heavy (non-hydrogen) atoms. The number of rotatable bonds is 4. The summed E-state index contributed by atoms with van der Waals surface area (Å²) in [6.07, 6.45) is 3.97. The first kappa shape index (κ1) is 13.8. The SMILES string of the molecule is COc1cc(OC)n2cc(-c3ccc(SC)cc3)nc2n1. The molecule has 0 saturated carbocycles. The van der Waals surface area contributed by atoms with Crippen LogP contribution in [0.5, 0.6) is 11.8 Å². The first-order chi connectivity index (χ1) is 10.2. The Morgan fingerprint density at radius 2 is 1.81 bits per heavy atom. The Balaban J connectivity index is 2.11. The molecule has 0 radical (unpaired) electrons. The van der Waals surface area contributed by atoms with E-state index < -0.39 is 0 Å². The van der Waals surface area contributed by atoms with Crippen molar-refractivity contribution in [3.05, 3.63) is 36.5 Å². The Bertz CT molecular complexity index is 768. The summed E-state index contributed by atoms with van der Waals surface area (Å²) in [4.78, 5) is 10.1. The Hall–Kier alpha value is -2.21. The van der Waals surface area contributed by atoms with Gasteiger partial charge in [-0.15, -0.1) is 11.8 Å². The van der Waals surface area contributed by atoms with E-state index in [-0.39, 0.29) is 0 Å². The van der Waals surface area contributed by atoms with Gasteiger partial charge in [0.1, 0.15) is 0 Å². The van der Waals surface area contributed by atoms with Crippen molar-refractivity contribution in [2.75, 3.05) is 20.5 Å². The molecule has 0 amide bonds. The molecule has 0 aliphatic heterocycles. The van der Waals surface area contributed by atoms with Crippen LogP contribution in [0.1, 0.15) is 0 Å². The second kappa shape index (κ2) is 5.65. The molecule has 108 valence electrons. The monoisotopic (exact) mass is 301 g/mol. The first-order valence-electron chi connectivity index (χ1n) is 6.37. The van der Waals surface area contributed by atoms with Gasteiger partial charge in [0.25, 0.3) is 0 Å². The zero-order valence-electron chi connectivity index (χ0n) is 12.0. The van der Waals surface area contributed by atoms with Gasteiger partial charge in [0, 0.05) is 16.7 Å². The van der Waals surface area contributed by atoms with Gasteiger partial charge >= 0.3 is 0 Å². The van der Waals surface area contributed by atoms with Crippen LogP contribution in [0.2, 0.25) is 0 Å². The predicted octanol–water partition coefficient (Wildman–Crippen LogP) is 3.14. The van der Waals surface area contributed by atoms with E-state index in [2.05, 4.69) is 40.5 Å². The molecule has 0 spiro atoms. The zero-order chi connectivity index (χ0) is 14.8. The second-order valence-electron chi connectivity index (χ2n) is 4.37. The van der Waals surface area contributed by atoms with Crippen molar-refractivity contribution in [2.45, 2.75) is 4.90 Å². The van der Waals surface area contributed by atoms with Crippen LogP contribution >= 0.6 is 11.8 Å². The molecule has 0 bridgehead atoms. The van der Waals surface area contributed by atoms with Crippen molar-refractivity contribution < 1.29 is 9.47 Å². The Morgan fingerprint density at radius 1 is 1.05 bits per heavy atom. The number of nitrogens with zero attached hydrogens (tertiary/aromatic N) is 3. The number of ether oxygens (including phenoxy) is 2. The minimum atomic E-state index is 0.481. The lowest BCUT2D eigenvalue weighted by Gasteiger charge is -2.04. The summed E-state index contributed by atoms with van der Waals surface area (Å²) < 4.78 is 12.3. The highest BCUT2D eigenvalue weighted by atomic mass is 32.2. The van der Waals surface area contributed by atoms with E-state index in [1.54, 1.807) is 36.4 Å². The van der Waals surface area contributed by atoms with Gasteiger partial charge in [0.05, 0.1) is 26.0 Å². The van der Waals surface area contributed by atoms with Gasteiger partial charge in [0.2, 0.25) is 17.5 Å². The largest absolute Gasteiger partial charge is 0.482 e. The van der Waals surface area contributed by atoms with Gasteiger partial charge in [-0.05, 0) is 18.4 Å². The molecule has 5 nitrogen and oxygen atoms in total. The average Bonchev–Trinajstić information content (AvgIpc) is 2.97. The van der Waals surface area contributed by atoms with Crippen LogP contribution in [0.4, 0.5) is 0 Å². The summed E-state index contributed by atoms with van der Waals surface area (Å²) in [6.45, 7) is 0. The molecule has 0 N–H and O–H groups in total. The fraction of sp³-hybridized carbons (Fsp3) is 0.200. The summed E-state index contributed by atoms with van der Waals surface area (Å²) in [5.41, 5.74) is 1.89. The summed E-state index contributed by atoms with van der Waals surface area (Å²) in [6, 6.07) is 9.99. The van der Waals surface area contributed by atoms with Gasteiger partial charge in [-0.25, -0.2) is 4.98 Å². The maximum Gasteiger partial charge on any atom is 0.240 e. The van der Waals surface area contributed by atoms with Crippen molar-refractivity contribution in [3.8, 4) is 23.0 Å². The molecule has 0 fully saturated rings. The van der Waals surface area contributed by atoms with Crippen LogP contribution in [0.15, 0.2) is 41.4 Å². The minimum Gasteiger partial charge on any atom is -0.482 e. The predicted molar refractivity (Wildman–Crippen MR) is 83.3 cm³/mol. The number of fused-ring (bicyclic) bond motifs is 1. The maximum absolute atomic E-state index is 5.36. The molecule has 0 unspecified atom stereocenters. The molecule has 2 aromatic heterocycles. The van der Waals surface area contributed by atoms with Crippen LogP contribution in [-0.2, 0) is 0 Å². The van der Waals surface area contributed by atoms with Gasteiger partial charge in [-0.3, -0.25) is 4.40 Å². The van der Waals surface area contributed by atoms with Crippen molar-refractivity contribution >= 4 is 17.5 Å². The molecule has 0 aliphatic rings. The second-order valence-corrected chi connectivity index (χ2v) is 5.25. The fourth-order valence-corrected chi connectivity index (χ4v) is 2.49.